The number of rotatable bonds is 2. The highest BCUT2D eigenvalue weighted by Crippen LogP contribution is 2.54. The number of nitrogens with zero attached hydrogens (tertiary/aromatic N) is 6. The number of halogens is 3. The minimum atomic E-state index is -4.69. The van der Waals surface area contributed by atoms with Crippen LogP contribution in [0, 0.1) is 5.82 Å². The quantitative estimate of drug-likeness (QED) is 0.237. The van der Waals surface area contributed by atoms with E-state index in [2.05, 4.69) is 20.4 Å². The highest BCUT2D eigenvalue weighted by molar-refractivity contribution is 7.79. The van der Waals surface area contributed by atoms with E-state index >= 15 is 8.78 Å². The van der Waals surface area contributed by atoms with Gasteiger partial charge in [0, 0.05) is 31.7 Å². The molecule has 4 aromatic heterocycles. The number of anilines is 1. The maximum absolute atomic E-state index is 16.3. The molecule has 4 unspecified atom stereocenters. The van der Waals surface area contributed by atoms with Gasteiger partial charge in [-0.15, -0.1) is 0 Å². The second kappa shape index (κ2) is 12.0. The second-order valence-corrected chi connectivity index (χ2v) is 15.1. The molecule has 8 rings (SSSR count). The Morgan fingerprint density at radius 1 is 0.959 bits per heavy atom. The van der Waals surface area contributed by atoms with Gasteiger partial charge in [0.25, 0.3) is 20.5 Å². The van der Waals surface area contributed by atoms with Crippen molar-refractivity contribution >= 4 is 57.8 Å². The van der Waals surface area contributed by atoms with E-state index in [1.165, 1.54) is 17.9 Å². The molecule has 0 aromatic carbocycles. The first-order valence-corrected chi connectivity index (χ1v) is 18.4. The van der Waals surface area contributed by atoms with E-state index in [1.807, 2.05) is 0 Å². The molecule has 8 heterocycles. The predicted molar refractivity (Wildman–Crippen MR) is 165 cm³/mol. The lowest BCUT2D eigenvalue weighted by Crippen LogP contribution is -2.37. The number of hydrogen-bond donors (Lipinski definition) is 1. The maximum Gasteiger partial charge on any atom is 0.265 e. The van der Waals surface area contributed by atoms with E-state index in [0.717, 1.165) is 33.8 Å². The molecule has 3 fully saturated rings. The topological polar surface area (TPSA) is 172 Å². The minimum Gasteiger partial charge on any atom is -0.384 e. The van der Waals surface area contributed by atoms with E-state index in [9.17, 15) is 18.3 Å². The zero-order valence-corrected chi connectivity index (χ0v) is 27.3. The fraction of sp³-hybridized carbons (Fsp3) is 0.538. The van der Waals surface area contributed by atoms with E-state index in [0.29, 0.717) is 29.7 Å². The Kier molecular flexibility index (Phi) is 8.15. The summed E-state index contributed by atoms with van der Waals surface area (Å²) < 4.78 is 110. The summed E-state index contributed by atoms with van der Waals surface area (Å²) in [6.45, 7) is -0.848. The lowest BCUT2D eigenvalue weighted by Gasteiger charge is -2.29. The van der Waals surface area contributed by atoms with E-state index in [1.54, 1.807) is 6.07 Å². The third kappa shape index (κ3) is 5.68. The molecule has 0 saturated carbocycles. The molecular formula is C26H26B2F3N7O9P2. The summed E-state index contributed by atoms with van der Waals surface area (Å²) in [4.78, 5) is 20.9. The van der Waals surface area contributed by atoms with Crippen LogP contribution in [0.4, 0.5) is 18.9 Å². The van der Waals surface area contributed by atoms with Gasteiger partial charge in [0.05, 0.1) is 30.6 Å². The first-order chi connectivity index (χ1) is 23.3. The monoisotopic (exact) mass is 721 g/mol. The van der Waals surface area contributed by atoms with Crippen LogP contribution in [-0.4, -0.2) is 101 Å². The van der Waals surface area contributed by atoms with Crippen molar-refractivity contribution in [2.45, 2.75) is 62.1 Å². The lowest BCUT2D eigenvalue weighted by molar-refractivity contribution is -0.0568. The van der Waals surface area contributed by atoms with Crippen molar-refractivity contribution in [3.63, 3.8) is 0 Å². The van der Waals surface area contributed by atoms with Crippen LogP contribution in [-0.2, 0) is 50.2 Å². The first kappa shape index (κ1) is 33.1. The van der Waals surface area contributed by atoms with Crippen molar-refractivity contribution < 1.29 is 49.9 Å². The molecule has 4 radical (unpaired) electrons. The van der Waals surface area contributed by atoms with Gasteiger partial charge >= 0.3 is 0 Å². The number of aryl methyl sites for hydroxylation is 2. The molecule has 0 spiro atoms. The van der Waals surface area contributed by atoms with Gasteiger partial charge in [0.2, 0.25) is 15.1 Å². The van der Waals surface area contributed by atoms with E-state index in [-0.39, 0.29) is 5.65 Å². The van der Waals surface area contributed by atoms with Crippen molar-refractivity contribution in [1.82, 2.24) is 28.9 Å². The van der Waals surface area contributed by atoms with Gasteiger partial charge in [-0.2, -0.15) is 5.10 Å². The van der Waals surface area contributed by atoms with Crippen LogP contribution in [0.5, 0.6) is 0 Å². The molecule has 256 valence electrons. The largest absolute Gasteiger partial charge is 0.384 e. The van der Waals surface area contributed by atoms with Crippen LogP contribution in [0.3, 0.4) is 0 Å². The fourth-order valence-corrected chi connectivity index (χ4v) is 8.59. The maximum atomic E-state index is 16.3. The number of alkyl halides is 2. The molecule has 16 nitrogen and oxygen atoms in total. The molecule has 4 aromatic rings. The SMILES string of the molecule is [B]P1(=O)OC[C@H]2O[C@@H](n3cc(F)c4c(=O)n(C)cnc43)C(F)[C@H]2OP([B])(=O)OC[C@H]2O[C@@H](n3nc4c5c(ccnc53)NCCC4)[C@@H](F)C2O1. The summed E-state index contributed by atoms with van der Waals surface area (Å²) in [5, 5.41) is 8.11. The van der Waals surface area contributed by atoms with Gasteiger partial charge in [-0.25, -0.2) is 27.8 Å². The van der Waals surface area contributed by atoms with Crippen molar-refractivity contribution in [3.05, 3.63) is 46.7 Å². The molecule has 0 bridgehead atoms. The number of aromatic nitrogens is 6. The van der Waals surface area contributed by atoms with Crippen LogP contribution in [0.25, 0.3) is 22.1 Å². The third-order valence-electron chi connectivity index (χ3n) is 8.84. The molecule has 0 amide bonds. The van der Waals surface area contributed by atoms with Crippen molar-refractivity contribution in [3.8, 4) is 0 Å². The van der Waals surface area contributed by atoms with Crippen LogP contribution in [0.2, 0.25) is 0 Å². The average molecular weight is 721 g/mol. The summed E-state index contributed by atoms with van der Waals surface area (Å²) in [5.41, 5.74) is 0.746. The number of nitrogens with one attached hydrogen (secondary N) is 1. The average Bonchev–Trinajstić information content (AvgIpc) is 3.72. The van der Waals surface area contributed by atoms with Crippen molar-refractivity contribution in [2.24, 2.45) is 7.05 Å². The van der Waals surface area contributed by atoms with Gasteiger partial charge in [-0.1, -0.05) is 0 Å². The molecule has 4 aliphatic heterocycles. The number of hydrogen-bond acceptors (Lipinski definition) is 13. The Balaban J connectivity index is 1.08. The van der Waals surface area contributed by atoms with Crippen molar-refractivity contribution in [1.29, 1.82) is 0 Å². The minimum absolute atomic E-state index is 0.253. The van der Waals surface area contributed by atoms with Gasteiger partial charge < -0.3 is 37.5 Å². The third-order valence-corrected chi connectivity index (χ3v) is 10.9. The highest BCUT2D eigenvalue weighted by Gasteiger charge is 2.54. The molecule has 1 N–H and O–H groups in total. The van der Waals surface area contributed by atoms with Crippen LogP contribution >= 0.6 is 14.9 Å². The van der Waals surface area contributed by atoms with Crippen LogP contribution in [0.1, 0.15) is 24.6 Å². The second-order valence-electron chi connectivity index (χ2n) is 12.1. The zero-order valence-electron chi connectivity index (χ0n) is 25.5. The summed E-state index contributed by atoms with van der Waals surface area (Å²) in [7, 11) is 3.75. The summed E-state index contributed by atoms with van der Waals surface area (Å²) >= 11 is 0. The molecular weight excluding hydrogens is 695 g/mol. The molecule has 49 heavy (non-hydrogen) atoms. The van der Waals surface area contributed by atoms with Gasteiger partial charge in [-0.05, 0) is 18.9 Å². The Hall–Kier alpha value is -3.02. The molecule has 4 aliphatic rings. The summed E-state index contributed by atoms with van der Waals surface area (Å²) in [5.74, 6) is -1.00. The fourth-order valence-electron chi connectivity index (χ4n) is 6.58. The number of ether oxygens (including phenoxy) is 2. The smallest absolute Gasteiger partial charge is 0.265 e. The summed E-state index contributed by atoms with van der Waals surface area (Å²) in [6.07, 6.45) is -9.27. The van der Waals surface area contributed by atoms with Crippen molar-refractivity contribution in [2.75, 3.05) is 25.1 Å². The number of pyridine rings is 1. The Bertz CT molecular complexity index is 2120. The normalized spacial score (nSPS) is 36.8. The Labute approximate surface area is 277 Å². The molecule has 23 heteroatoms. The van der Waals surface area contributed by atoms with Gasteiger partial charge in [0.1, 0.15) is 29.8 Å². The van der Waals surface area contributed by atoms with Crippen LogP contribution < -0.4 is 10.9 Å². The summed E-state index contributed by atoms with van der Waals surface area (Å²) in [6, 6.07) is 1.78. The Morgan fingerprint density at radius 2 is 1.61 bits per heavy atom. The predicted octanol–water partition coefficient (Wildman–Crippen LogP) is 2.52. The molecule has 3 saturated heterocycles. The van der Waals surface area contributed by atoms with Crippen LogP contribution in [0.15, 0.2) is 29.6 Å². The van der Waals surface area contributed by atoms with E-state index < -0.39 is 94.1 Å². The number of fused-ring (bicyclic) bond motifs is 3. The van der Waals surface area contributed by atoms with Gasteiger partial charge in [0.15, 0.2) is 41.9 Å². The lowest BCUT2D eigenvalue weighted by atomic mass is 10.1. The molecule has 0 aliphatic carbocycles. The first-order valence-electron chi connectivity index (χ1n) is 15.2. The molecule has 10 atom stereocenters. The van der Waals surface area contributed by atoms with E-state index in [4.69, 9.17) is 42.7 Å². The standard InChI is InChI=1S/C26H26B2F3N7O9P2/c1-36-10-34-22-16(24(36)39)11(29)7-37(22)25-18(30)20-14(44-25)8-42-49(28,41)47-21-15(9-43-48(27,40)46-20)45-26(19(21)31)38-23-17-12(4-6-33-23)32-5-2-3-13(17)35-38/h4,6-7,10,14-15,18-21,25-26,32H,2-3,5,8-9H2,1H3/t14-,15-,18?,19+,20+,21?,25-,26-,48?,49?/m1/s1. The van der Waals surface area contributed by atoms with Gasteiger partial charge in [-0.3, -0.25) is 18.5 Å². The Morgan fingerprint density at radius 3 is 2.31 bits per heavy atom. The highest BCUT2D eigenvalue weighted by atomic mass is 31.2. The zero-order chi connectivity index (χ0) is 34.4.